The summed E-state index contributed by atoms with van der Waals surface area (Å²) in [6.07, 6.45) is 8.00. The van der Waals surface area contributed by atoms with Gasteiger partial charge in [-0.1, -0.05) is 23.3 Å². The highest BCUT2D eigenvalue weighted by Crippen LogP contribution is 2.07. The molecule has 0 aromatic heterocycles. The molecule has 0 atom stereocenters. The molecule has 0 N–H and O–H groups in total. The molecule has 0 bridgehead atoms. The van der Waals surface area contributed by atoms with Gasteiger partial charge in [-0.25, -0.2) is 0 Å². The molecule has 0 aliphatic rings. The van der Waals surface area contributed by atoms with Gasteiger partial charge in [-0.2, -0.15) is 8.42 Å². The topological polar surface area (TPSA) is 43.4 Å². The highest BCUT2D eigenvalue weighted by Gasteiger charge is 1.99. The van der Waals surface area contributed by atoms with E-state index in [0.29, 0.717) is 6.42 Å². The molecule has 0 fully saturated rings. The number of rotatable bonds is 7. The van der Waals surface area contributed by atoms with E-state index >= 15 is 0 Å². The summed E-state index contributed by atoms with van der Waals surface area (Å²) in [7, 11) is -3.29. The van der Waals surface area contributed by atoms with Gasteiger partial charge in [0, 0.05) is 0 Å². The Morgan fingerprint density at radius 1 is 1.12 bits per heavy atom. The molecule has 0 aliphatic carbocycles. The van der Waals surface area contributed by atoms with Gasteiger partial charge in [-0.15, -0.1) is 0 Å². The van der Waals surface area contributed by atoms with Crippen molar-refractivity contribution in [1.29, 1.82) is 0 Å². The average molecular weight is 246 g/mol. The van der Waals surface area contributed by atoms with E-state index in [4.69, 9.17) is 0 Å². The first-order valence-electron chi connectivity index (χ1n) is 5.44. The monoisotopic (exact) mass is 246 g/mol. The smallest absolute Gasteiger partial charge is 0.264 e. The number of hydrogen-bond acceptors (Lipinski definition) is 3. The summed E-state index contributed by atoms with van der Waals surface area (Å²) in [6.45, 7) is 6.45. The molecular formula is C12H22O3S. The van der Waals surface area contributed by atoms with Crippen molar-refractivity contribution in [1.82, 2.24) is 0 Å². The van der Waals surface area contributed by atoms with E-state index in [1.54, 1.807) is 0 Å². The second kappa shape index (κ2) is 7.63. The van der Waals surface area contributed by atoms with Gasteiger partial charge >= 0.3 is 0 Å². The molecule has 0 spiro atoms. The molecule has 0 heterocycles. The lowest BCUT2D eigenvalue weighted by Crippen LogP contribution is -2.03. The first-order valence-corrected chi connectivity index (χ1v) is 7.26. The molecule has 0 unspecified atom stereocenters. The second-order valence-electron chi connectivity index (χ2n) is 4.19. The van der Waals surface area contributed by atoms with Crippen LogP contribution in [0.5, 0.6) is 0 Å². The van der Waals surface area contributed by atoms with Crippen LogP contribution in [0.3, 0.4) is 0 Å². The Kier molecular flexibility index (Phi) is 7.34. The Morgan fingerprint density at radius 3 is 2.25 bits per heavy atom. The van der Waals surface area contributed by atoms with Gasteiger partial charge in [0.2, 0.25) is 0 Å². The third-order valence-electron chi connectivity index (χ3n) is 2.00. The highest BCUT2D eigenvalue weighted by atomic mass is 32.2. The quantitative estimate of drug-likeness (QED) is 0.394. The number of hydrogen-bond donors (Lipinski definition) is 0. The van der Waals surface area contributed by atoms with Gasteiger partial charge in [0.15, 0.2) is 0 Å². The van der Waals surface area contributed by atoms with Crippen molar-refractivity contribution in [3.63, 3.8) is 0 Å². The number of allylic oxidation sites excluding steroid dienone is 3. The summed E-state index contributed by atoms with van der Waals surface area (Å²) >= 11 is 0. The Bertz CT molecular complexity index is 346. The molecule has 0 aliphatic heterocycles. The molecule has 0 amide bonds. The third-order valence-corrected chi connectivity index (χ3v) is 2.59. The summed E-state index contributed by atoms with van der Waals surface area (Å²) in [5.41, 5.74) is 2.60. The van der Waals surface area contributed by atoms with E-state index in [1.807, 2.05) is 6.08 Å². The van der Waals surface area contributed by atoms with Crippen LogP contribution in [0.2, 0.25) is 0 Å². The minimum Gasteiger partial charge on any atom is -0.270 e. The van der Waals surface area contributed by atoms with Crippen molar-refractivity contribution < 1.29 is 12.6 Å². The van der Waals surface area contributed by atoms with Gasteiger partial charge in [-0.3, -0.25) is 4.18 Å². The van der Waals surface area contributed by atoms with Crippen molar-refractivity contribution >= 4 is 10.1 Å². The van der Waals surface area contributed by atoms with Crippen LogP contribution < -0.4 is 0 Å². The minimum atomic E-state index is -3.29. The molecular weight excluding hydrogens is 224 g/mol. The zero-order chi connectivity index (χ0) is 12.6. The summed E-state index contributed by atoms with van der Waals surface area (Å²) in [4.78, 5) is 0. The Morgan fingerprint density at radius 2 is 1.75 bits per heavy atom. The van der Waals surface area contributed by atoms with Crippen LogP contribution in [0.4, 0.5) is 0 Å². The maximum atomic E-state index is 10.7. The van der Waals surface area contributed by atoms with Crippen LogP contribution in [0.25, 0.3) is 0 Å². The SMILES string of the molecule is CC(C)=CCC/C(C)=C\CCOS(C)(=O)=O. The lowest BCUT2D eigenvalue weighted by molar-refractivity contribution is 0.328. The summed E-state index contributed by atoms with van der Waals surface area (Å²) in [5, 5.41) is 0. The van der Waals surface area contributed by atoms with Gasteiger partial charge in [0.25, 0.3) is 10.1 Å². The fraction of sp³-hybridized carbons (Fsp3) is 0.667. The van der Waals surface area contributed by atoms with Gasteiger partial charge in [0.1, 0.15) is 0 Å². The van der Waals surface area contributed by atoms with Crippen molar-refractivity contribution in [3.8, 4) is 0 Å². The predicted molar refractivity (Wildman–Crippen MR) is 67.8 cm³/mol. The molecule has 0 saturated carbocycles. The van der Waals surface area contributed by atoms with E-state index in [9.17, 15) is 8.42 Å². The summed E-state index contributed by atoms with van der Waals surface area (Å²) in [5.74, 6) is 0. The molecule has 4 heteroatoms. The van der Waals surface area contributed by atoms with E-state index in [-0.39, 0.29) is 6.61 Å². The zero-order valence-electron chi connectivity index (χ0n) is 10.6. The van der Waals surface area contributed by atoms with Gasteiger partial charge < -0.3 is 0 Å². The second-order valence-corrected chi connectivity index (χ2v) is 5.83. The Labute approximate surface area is 99.3 Å². The van der Waals surface area contributed by atoms with Crippen molar-refractivity contribution in [2.24, 2.45) is 0 Å². The Hall–Kier alpha value is -0.610. The van der Waals surface area contributed by atoms with E-state index in [0.717, 1.165) is 19.1 Å². The first-order chi connectivity index (χ1) is 7.31. The van der Waals surface area contributed by atoms with Crippen LogP contribution >= 0.6 is 0 Å². The van der Waals surface area contributed by atoms with E-state index < -0.39 is 10.1 Å². The lowest BCUT2D eigenvalue weighted by Gasteiger charge is -2.00. The summed E-state index contributed by atoms with van der Waals surface area (Å²) in [6, 6.07) is 0. The van der Waals surface area contributed by atoms with Crippen LogP contribution in [0.15, 0.2) is 23.3 Å². The average Bonchev–Trinajstić information content (AvgIpc) is 2.10. The fourth-order valence-electron chi connectivity index (χ4n) is 1.20. The molecule has 94 valence electrons. The molecule has 0 saturated heterocycles. The zero-order valence-corrected chi connectivity index (χ0v) is 11.4. The fourth-order valence-corrected chi connectivity index (χ4v) is 1.59. The first kappa shape index (κ1) is 15.4. The molecule has 0 radical (unpaired) electrons. The lowest BCUT2D eigenvalue weighted by atomic mass is 10.1. The van der Waals surface area contributed by atoms with Crippen molar-refractivity contribution in [2.75, 3.05) is 12.9 Å². The van der Waals surface area contributed by atoms with Crippen LogP contribution in [-0.2, 0) is 14.3 Å². The maximum absolute atomic E-state index is 10.7. The molecule has 0 rings (SSSR count). The molecule has 3 nitrogen and oxygen atoms in total. The minimum absolute atomic E-state index is 0.235. The van der Waals surface area contributed by atoms with Crippen molar-refractivity contribution in [3.05, 3.63) is 23.3 Å². The molecule has 0 aromatic rings. The molecule has 16 heavy (non-hydrogen) atoms. The van der Waals surface area contributed by atoms with E-state index in [1.165, 1.54) is 11.1 Å². The third kappa shape index (κ3) is 11.5. The normalized spacial score (nSPS) is 12.6. The standard InChI is InChI=1S/C12H22O3S/c1-11(2)7-5-8-12(3)9-6-10-15-16(4,13)14/h7,9H,5-6,8,10H2,1-4H3/b12-9-. The maximum Gasteiger partial charge on any atom is 0.264 e. The Balaban J connectivity index is 3.75. The van der Waals surface area contributed by atoms with Crippen LogP contribution in [0, 0.1) is 0 Å². The summed E-state index contributed by atoms with van der Waals surface area (Å²) < 4.78 is 26.0. The van der Waals surface area contributed by atoms with Gasteiger partial charge in [-0.05, 0) is 40.0 Å². The van der Waals surface area contributed by atoms with Crippen LogP contribution in [-0.4, -0.2) is 21.3 Å². The van der Waals surface area contributed by atoms with Gasteiger partial charge in [0.05, 0.1) is 12.9 Å². The van der Waals surface area contributed by atoms with E-state index in [2.05, 4.69) is 31.0 Å². The predicted octanol–water partition coefficient (Wildman–Crippen LogP) is 3.05. The van der Waals surface area contributed by atoms with Crippen LogP contribution in [0.1, 0.15) is 40.0 Å². The highest BCUT2D eigenvalue weighted by molar-refractivity contribution is 7.85. The largest absolute Gasteiger partial charge is 0.270 e. The van der Waals surface area contributed by atoms with Crippen molar-refractivity contribution in [2.45, 2.75) is 40.0 Å². The molecule has 0 aromatic carbocycles.